The molecule has 0 aromatic rings. The summed E-state index contributed by atoms with van der Waals surface area (Å²) in [5, 5.41) is 9.13. The first-order chi connectivity index (χ1) is 4.36. The molecule has 0 bridgehead atoms. The van der Waals surface area contributed by atoms with Gasteiger partial charge in [0.15, 0.2) is 0 Å². The summed E-state index contributed by atoms with van der Waals surface area (Å²) in [4.78, 5) is 0. The van der Waals surface area contributed by atoms with Crippen LogP contribution in [-0.4, -0.2) is 23.9 Å². The zero-order chi connectivity index (χ0) is 6.27. The molecular weight excluding hydrogens is 116 g/mol. The fourth-order valence-corrected chi connectivity index (χ4v) is 1.37. The molecule has 2 aliphatic rings. The van der Waals surface area contributed by atoms with Gasteiger partial charge in [0.05, 0.1) is 18.8 Å². The Bertz CT molecular complexity index is 109. The maximum absolute atomic E-state index is 9.13. The van der Waals surface area contributed by atoms with Gasteiger partial charge in [0.2, 0.25) is 0 Å². The number of rotatable bonds is 2. The predicted molar refractivity (Wildman–Crippen MR) is 33.1 cm³/mol. The minimum absolute atomic E-state index is 0.00537. The van der Waals surface area contributed by atoms with Gasteiger partial charge in [0.1, 0.15) is 0 Å². The van der Waals surface area contributed by atoms with Gasteiger partial charge in [0.25, 0.3) is 0 Å². The van der Waals surface area contributed by atoms with Crippen molar-refractivity contribution >= 4 is 0 Å². The first-order valence-corrected chi connectivity index (χ1v) is 3.66. The number of hydrogen-bond donors (Lipinski definition) is 1. The topological polar surface area (TPSA) is 32.8 Å². The molecule has 3 atom stereocenters. The Morgan fingerprint density at radius 1 is 1.44 bits per heavy atom. The molecule has 9 heavy (non-hydrogen) atoms. The minimum Gasteiger partial charge on any atom is -0.393 e. The highest BCUT2D eigenvalue weighted by Gasteiger charge is 2.35. The first kappa shape index (κ1) is 5.69. The zero-order valence-electron chi connectivity index (χ0n) is 5.42. The number of aliphatic hydroxyl groups excluding tert-OH is 1. The zero-order valence-corrected chi connectivity index (χ0v) is 5.42. The van der Waals surface area contributed by atoms with Crippen molar-refractivity contribution in [2.45, 2.75) is 31.5 Å². The van der Waals surface area contributed by atoms with Crippen LogP contribution < -0.4 is 0 Å². The van der Waals surface area contributed by atoms with Crippen molar-refractivity contribution in [3.63, 3.8) is 0 Å². The van der Waals surface area contributed by atoms with Gasteiger partial charge in [0, 0.05) is 0 Å². The molecule has 1 N–H and O–H groups in total. The van der Waals surface area contributed by atoms with Gasteiger partial charge < -0.3 is 9.84 Å². The Balaban J connectivity index is 1.72. The molecule has 3 unspecified atom stereocenters. The largest absolute Gasteiger partial charge is 0.393 e. The Morgan fingerprint density at radius 2 is 2.22 bits per heavy atom. The van der Waals surface area contributed by atoms with Gasteiger partial charge in [-0.1, -0.05) is 0 Å². The van der Waals surface area contributed by atoms with E-state index in [-0.39, 0.29) is 6.10 Å². The van der Waals surface area contributed by atoms with E-state index in [1.165, 1.54) is 6.42 Å². The molecule has 0 radical (unpaired) electrons. The van der Waals surface area contributed by atoms with E-state index in [9.17, 15) is 0 Å². The summed E-state index contributed by atoms with van der Waals surface area (Å²) >= 11 is 0. The quantitative estimate of drug-likeness (QED) is 0.551. The van der Waals surface area contributed by atoms with Crippen LogP contribution in [0.3, 0.4) is 0 Å². The second kappa shape index (κ2) is 1.96. The standard InChI is InChI=1S/C7H12O2/c8-7-2-1-5(7)3-6-4-9-6/h5-8H,1-4H2. The number of ether oxygens (including phenoxy) is 1. The number of hydrogen-bond acceptors (Lipinski definition) is 2. The summed E-state index contributed by atoms with van der Waals surface area (Å²) in [6.45, 7) is 0.934. The lowest BCUT2D eigenvalue weighted by atomic mass is 9.79. The third-order valence-corrected chi connectivity index (χ3v) is 2.35. The van der Waals surface area contributed by atoms with Crippen molar-refractivity contribution in [1.82, 2.24) is 0 Å². The fraction of sp³-hybridized carbons (Fsp3) is 1.00. The van der Waals surface area contributed by atoms with Crippen molar-refractivity contribution in [2.75, 3.05) is 6.61 Å². The lowest BCUT2D eigenvalue weighted by Crippen LogP contribution is -2.31. The Hall–Kier alpha value is -0.0800. The molecule has 0 spiro atoms. The summed E-state index contributed by atoms with van der Waals surface area (Å²) in [7, 11) is 0. The van der Waals surface area contributed by atoms with E-state index >= 15 is 0 Å². The second-order valence-electron chi connectivity index (χ2n) is 3.10. The summed E-state index contributed by atoms with van der Waals surface area (Å²) in [6, 6.07) is 0. The van der Waals surface area contributed by atoms with E-state index < -0.39 is 0 Å². The molecule has 0 aromatic heterocycles. The Labute approximate surface area is 54.8 Å². The van der Waals surface area contributed by atoms with Gasteiger partial charge in [-0.05, 0) is 25.2 Å². The smallest absolute Gasteiger partial charge is 0.0813 e. The van der Waals surface area contributed by atoms with Gasteiger partial charge in [-0.15, -0.1) is 0 Å². The van der Waals surface area contributed by atoms with Crippen molar-refractivity contribution in [3.8, 4) is 0 Å². The van der Waals surface area contributed by atoms with Crippen LogP contribution in [0.4, 0.5) is 0 Å². The van der Waals surface area contributed by atoms with Gasteiger partial charge >= 0.3 is 0 Å². The second-order valence-corrected chi connectivity index (χ2v) is 3.10. The van der Waals surface area contributed by atoms with Crippen LogP contribution in [0.5, 0.6) is 0 Å². The average Bonchev–Trinajstić information content (AvgIpc) is 2.62. The molecule has 2 rings (SSSR count). The molecule has 1 heterocycles. The first-order valence-electron chi connectivity index (χ1n) is 3.66. The molecule has 2 heteroatoms. The van der Waals surface area contributed by atoms with Gasteiger partial charge in [-0.3, -0.25) is 0 Å². The van der Waals surface area contributed by atoms with Crippen LogP contribution in [0.2, 0.25) is 0 Å². The van der Waals surface area contributed by atoms with Crippen molar-refractivity contribution < 1.29 is 9.84 Å². The third-order valence-electron chi connectivity index (χ3n) is 2.35. The number of epoxide rings is 1. The van der Waals surface area contributed by atoms with Crippen LogP contribution in [-0.2, 0) is 4.74 Å². The monoisotopic (exact) mass is 128 g/mol. The molecule has 2 nitrogen and oxygen atoms in total. The van der Waals surface area contributed by atoms with E-state index in [0.717, 1.165) is 19.4 Å². The molecular formula is C7H12O2. The molecule has 2 fully saturated rings. The van der Waals surface area contributed by atoms with Crippen LogP contribution in [0.1, 0.15) is 19.3 Å². The lowest BCUT2D eigenvalue weighted by Gasteiger charge is -2.31. The van der Waals surface area contributed by atoms with Gasteiger partial charge in [-0.25, -0.2) is 0 Å². The highest BCUT2D eigenvalue weighted by molar-refractivity contribution is 4.85. The van der Waals surface area contributed by atoms with E-state index in [2.05, 4.69) is 0 Å². The van der Waals surface area contributed by atoms with Gasteiger partial charge in [-0.2, -0.15) is 0 Å². The molecule has 0 amide bonds. The fourth-order valence-electron chi connectivity index (χ4n) is 1.37. The predicted octanol–water partition coefficient (Wildman–Crippen LogP) is 0.546. The van der Waals surface area contributed by atoms with Crippen molar-refractivity contribution in [3.05, 3.63) is 0 Å². The minimum atomic E-state index is -0.00537. The SMILES string of the molecule is OC1CCC1CC1CO1. The van der Waals surface area contributed by atoms with Crippen LogP contribution >= 0.6 is 0 Å². The highest BCUT2D eigenvalue weighted by atomic mass is 16.6. The molecule has 1 saturated heterocycles. The van der Waals surface area contributed by atoms with Crippen molar-refractivity contribution in [1.29, 1.82) is 0 Å². The summed E-state index contributed by atoms with van der Waals surface area (Å²) in [5.74, 6) is 0.567. The van der Waals surface area contributed by atoms with Crippen LogP contribution in [0, 0.1) is 5.92 Å². The lowest BCUT2D eigenvalue weighted by molar-refractivity contribution is 0.0156. The van der Waals surface area contributed by atoms with E-state index in [4.69, 9.17) is 9.84 Å². The maximum atomic E-state index is 9.13. The molecule has 1 aliphatic heterocycles. The third kappa shape index (κ3) is 1.10. The summed E-state index contributed by atoms with van der Waals surface area (Å²) in [6.07, 6.45) is 3.82. The van der Waals surface area contributed by atoms with E-state index in [1.807, 2.05) is 0 Å². The highest BCUT2D eigenvalue weighted by Crippen LogP contribution is 2.34. The molecule has 1 saturated carbocycles. The molecule has 0 aromatic carbocycles. The van der Waals surface area contributed by atoms with Crippen LogP contribution in [0.25, 0.3) is 0 Å². The average molecular weight is 128 g/mol. The maximum Gasteiger partial charge on any atom is 0.0813 e. The molecule has 52 valence electrons. The summed E-state index contributed by atoms with van der Waals surface area (Å²) < 4.78 is 5.05. The normalized spacial score (nSPS) is 48.3. The molecule has 1 aliphatic carbocycles. The Kier molecular flexibility index (Phi) is 1.24. The van der Waals surface area contributed by atoms with Crippen molar-refractivity contribution in [2.24, 2.45) is 5.92 Å². The Morgan fingerprint density at radius 3 is 2.56 bits per heavy atom. The van der Waals surface area contributed by atoms with E-state index in [1.54, 1.807) is 0 Å². The van der Waals surface area contributed by atoms with Crippen LogP contribution in [0.15, 0.2) is 0 Å². The van der Waals surface area contributed by atoms with E-state index in [0.29, 0.717) is 12.0 Å². The summed E-state index contributed by atoms with van der Waals surface area (Å²) in [5.41, 5.74) is 0. The number of aliphatic hydroxyl groups is 1.